The summed E-state index contributed by atoms with van der Waals surface area (Å²) in [4.78, 5) is 1.50. The van der Waals surface area contributed by atoms with Gasteiger partial charge in [0.25, 0.3) is 0 Å². The van der Waals surface area contributed by atoms with Gasteiger partial charge in [-0.05, 0) is 37.5 Å². The molecule has 8 heteroatoms. The highest BCUT2D eigenvalue weighted by Crippen LogP contribution is 2.27. The number of hydrogen-bond acceptors (Lipinski definition) is 3. The molecule has 1 aromatic carbocycles. The Labute approximate surface area is 153 Å². The number of quaternary nitrogens is 1. The van der Waals surface area contributed by atoms with Crippen molar-refractivity contribution in [3.63, 3.8) is 0 Å². The Morgan fingerprint density at radius 1 is 1.21 bits per heavy atom. The van der Waals surface area contributed by atoms with Gasteiger partial charge in [-0.2, -0.15) is 4.31 Å². The number of sulfonamides is 1. The summed E-state index contributed by atoms with van der Waals surface area (Å²) < 4.78 is 32.9. The summed E-state index contributed by atoms with van der Waals surface area (Å²) in [5.74, 6) is 0. The number of ether oxygens (including phenoxy) is 1. The molecule has 2 heterocycles. The predicted octanol–water partition coefficient (Wildman–Crippen LogP) is 1.45. The van der Waals surface area contributed by atoms with E-state index in [2.05, 4.69) is 0 Å². The molecule has 1 N–H and O–H groups in total. The van der Waals surface area contributed by atoms with E-state index in [1.165, 1.54) is 27.8 Å². The van der Waals surface area contributed by atoms with Gasteiger partial charge in [-0.25, -0.2) is 8.42 Å². The zero-order chi connectivity index (χ0) is 17.2. The summed E-state index contributed by atoms with van der Waals surface area (Å²) in [6.07, 6.45) is 3.81. The number of rotatable bonds is 4. The fourth-order valence-electron chi connectivity index (χ4n) is 3.35. The molecule has 24 heavy (non-hydrogen) atoms. The molecule has 0 unspecified atom stereocenters. The standard InChI is InChI=1S/C16H22Cl2N2O3S/c17-13-4-5-15(18)16(11-13)24(21,22)20-8-6-19(7-9-20)12-14-3-1-2-10-23-14/h4-5,11,14H,1-3,6-10,12H2/p+1/t14-/m0/s1. The number of nitrogens with zero attached hydrogens (tertiary/aromatic N) is 1. The maximum Gasteiger partial charge on any atom is 0.245 e. The average molecular weight is 394 g/mol. The Morgan fingerprint density at radius 3 is 2.62 bits per heavy atom. The minimum absolute atomic E-state index is 0.0933. The van der Waals surface area contributed by atoms with Crippen LogP contribution in [0, 0.1) is 0 Å². The topological polar surface area (TPSA) is 51.0 Å². The van der Waals surface area contributed by atoms with E-state index in [1.54, 1.807) is 6.07 Å². The molecule has 0 bridgehead atoms. The smallest absolute Gasteiger partial charge is 0.245 e. The first-order valence-corrected chi connectivity index (χ1v) is 10.6. The van der Waals surface area contributed by atoms with E-state index in [0.717, 1.165) is 39.1 Å². The Morgan fingerprint density at radius 2 is 1.96 bits per heavy atom. The molecule has 2 aliphatic rings. The van der Waals surface area contributed by atoms with Crippen molar-refractivity contribution in [2.24, 2.45) is 0 Å². The second-order valence-corrected chi connectivity index (χ2v) is 9.17. The van der Waals surface area contributed by atoms with Gasteiger partial charge in [0, 0.05) is 11.6 Å². The van der Waals surface area contributed by atoms with Crippen molar-refractivity contribution < 1.29 is 18.1 Å². The molecule has 0 saturated carbocycles. The van der Waals surface area contributed by atoms with Gasteiger partial charge in [-0.3, -0.25) is 0 Å². The van der Waals surface area contributed by atoms with Crippen molar-refractivity contribution in [1.29, 1.82) is 0 Å². The summed E-state index contributed by atoms with van der Waals surface area (Å²) in [7, 11) is -3.60. The van der Waals surface area contributed by atoms with Gasteiger partial charge in [0.15, 0.2) is 0 Å². The third-order valence-corrected chi connectivity index (χ3v) is 7.35. The lowest BCUT2D eigenvalue weighted by Crippen LogP contribution is -3.15. The molecule has 1 atom stereocenters. The van der Waals surface area contributed by atoms with E-state index >= 15 is 0 Å². The highest BCUT2D eigenvalue weighted by molar-refractivity contribution is 7.89. The lowest BCUT2D eigenvalue weighted by Gasteiger charge is -2.34. The molecule has 0 amide bonds. The van der Waals surface area contributed by atoms with Gasteiger partial charge in [0.1, 0.15) is 17.5 Å². The van der Waals surface area contributed by atoms with Crippen molar-refractivity contribution >= 4 is 33.2 Å². The second kappa shape index (κ2) is 7.89. The molecular weight excluding hydrogens is 371 g/mol. The quantitative estimate of drug-likeness (QED) is 0.841. The summed E-state index contributed by atoms with van der Waals surface area (Å²) >= 11 is 12.0. The molecule has 2 fully saturated rings. The van der Waals surface area contributed by atoms with Crippen molar-refractivity contribution in [1.82, 2.24) is 4.31 Å². The summed E-state index contributed by atoms with van der Waals surface area (Å²) in [5, 5.41) is 0.585. The van der Waals surface area contributed by atoms with Crippen LogP contribution in [0.3, 0.4) is 0 Å². The van der Waals surface area contributed by atoms with Crippen LogP contribution in [0.25, 0.3) is 0 Å². The Hall–Kier alpha value is -0.370. The van der Waals surface area contributed by atoms with Gasteiger partial charge in [-0.1, -0.05) is 23.2 Å². The molecule has 0 aromatic heterocycles. The number of benzene rings is 1. The molecule has 2 aliphatic heterocycles. The largest absolute Gasteiger partial charge is 0.372 e. The van der Waals surface area contributed by atoms with Crippen LogP contribution in [-0.4, -0.2) is 58.2 Å². The van der Waals surface area contributed by atoms with Crippen LogP contribution in [0.4, 0.5) is 0 Å². The lowest BCUT2D eigenvalue weighted by molar-refractivity contribution is -0.907. The first-order chi connectivity index (χ1) is 11.5. The SMILES string of the molecule is O=S(=O)(c1cc(Cl)ccc1Cl)N1CC[NH+](C[C@@H]2CCCCO2)CC1. The van der Waals surface area contributed by atoms with Gasteiger partial charge in [0.05, 0.1) is 31.2 Å². The number of piperazine rings is 1. The molecule has 1 aromatic rings. The minimum atomic E-state index is -3.60. The van der Waals surface area contributed by atoms with Gasteiger partial charge in [0.2, 0.25) is 10.0 Å². The molecule has 0 radical (unpaired) electrons. The molecular formula is C16H23Cl2N2O3S+. The van der Waals surface area contributed by atoms with Crippen LogP contribution in [0.2, 0.25) is 10.0 Å². The van der Waals surface area contributed by atoms with Crippen molar-refractivity contribution in [2.75, 3.05) is 39.3 Å². The first kappa shape index (κ1) is 18.4. The fourth-order valence-corrected chi connectivity index (χ4v) is 5.53. The Kier molecular flexibility index (Phi) is 6.06. The third kappa shape index (κ3) is 4.23. The first-order valence-electron chi connectivity index (χ1n) is 8.37. The van der Waals surface area contributed by atoms with Crippen molar-refractivity contribution in [3.05, 3.63) is 28.2 Å². The van der Waals surface area contributed by atoms with Crippen LogP contribution in [-0.2, 0) is 14.8 Å². The lowest BCUT2D eigenvalue weighted by atomic mass is 10.1. The van der Waals surface area contributed by atoms with Gasteiger partial charge in [-0.15, -0.1) is 0 Å². The van der Waals surface area contributed by atoms with E-state index < -0.39 is 10.0 Å². The van der Waals surface area contributed by atoms with E-state index in [1.807, 2.05) is 0 Å². The van der Waals surface area contributed by atoms with Gasteiger partial charge >= 0.3 is 0 Å². The zero-order valence-electron chi connectivity index (χ0n) is 13.5. The maximum atomic E-state index is 12.8. The molecule has 5 nitrogen and oxygen atoms in total. The molecule has 134 valence electrons. The van der Waals surface area contributed by atoms with Crippen LogP contribution in [0.1, 0.15) is 19.3 Å². The van der Waals surface area contributed by atoms with Crippen LogP contribution < -0.4 is 4.90 Å². The van der Waals surface area contributed by atoms with Crippen molar-refractivity contribution in [2.45, 2.75) is 30.3 Å². The Bertz CT molecular complexity index is 670. The van der Waals surface area contributed by atoms with Crippen LogP contribution in [0.5, 0.6) is 0 Å². The summed E-state index contributed by atoms with van der Waals surface area (Å²) in [5.41, 5.74) is 0. The summed E-state index contributed by atoms with van der Waals surface area (Å²) in [6.45, 7) is 4.38. The number of hydrogen-bond donors (Lipinski definition) is 1. The van der Waals surface area contributed by atoms with E-state index in [4.69, 9.17) is 27.9 Å². The molecule has 2 saturated heterocycles. The average Bonchev–Trinajstić information content (AvgIpc) is 2.58. The van der Waals surface area contributed by atoms with Crippen LogP contribution in [0.15, 0.2) is 23.1 Å². The monoisotopic (exact) mass is 393 g/mol. The number of halogens is 2. The normalized spacial score (nSPS) is 24.2. The van der Waals surface area contributed by atoms with E-state index in [-0.39, 0.29) is 9.92 Å². The summed E-state index contributed by atoms with van der Waals surface area (Å²) in [6, 6.07) is 4.54. The molecule has 0 spiro atoms. The minimum Gasteiger partial charge on any atom is -0.372 e. The highest BCUT2D eigenvalue weighted by Gasteiger charge is 2.33. The maximum absolute atomic E-state index is 12.8. The van der Waals surface area contributed by atoms with Crippen LogP contribution >= 0.6 is 23.2 Å². The number of nitrogens with one attached hydrogen (secondary N) is 1. The zero-order valence-corrected chi connectivity index (χ0v) is 15.8. The second-order valence-electron chi connectivity index (χ2n) is 6.42. The third-order valence-electron chi connectivity index (χ3n) is 4.73. The molecule has 3 rings (SSSR count). The highest BCUT2D eigenvalue weighted by atomic mass is 35.5. The Balaban J connectivity index is 1.62. The fraction of sp³-hybridized carbons (Fsp3) is 0.625. The van der Waals surface area contributed by atoms with E-state index in [9.17, 15) is 8.42 Å². The molecule has 0 aliphatic carbocycles. The van der Waals surface area contributed by atoms with Gasteiger partial charge < -0.3 is 9.64 Å². The predicted molar refractivity (Wildman–Crippen MR) is 94.4 cm³/mol. The van der Waals surface area contributed by atoms with E-state index in [0.29, 0.717) is 24.2 Å². The van der Waals surface area contributed by atoms with Crippen molar-refractivity contribution in [3.8, 4) is 0 Å².